The van der Waals surface area contributed by atoms with Gasteiger partial charge in [0.1, 0.15) is 5.75 Å². The molecule has 2 aromatic rings. The zero-order chi connectivity index (χ0) is 22.4. The van der Waals surface area contributed by atoms with Crippen LogP contribution in [-0.2, 0) is 6.42 Å². The summed E-state index contributed by atoms with van der Waals surface area (Å²) in [5, 5.41) is 0. The molecule has 1 heterocycles. The Balaban J connectivity index is 1.28. The van der Waals surface area contributed by atoms with E-state index >= 15 is 0 Å². The first-order valence-corrected chi connectivity index (χ1v) is 13.5. The van der Waals surface area contributed by atoms with E-state index in [1.54, 1.807) is 0 Å². The van der Waals surface area contributed by atoms with E-state index in [4.69, 9.17) is 4.74 Å². The lowest BCUT2D eigenvalue weighted by molar-refractivity contribution is 0.228. The van der Waals surface area contributed by atoms with Crippen molar-refractivity contribution in [3.05, 3.63) is 48.2 Å². The van der Waals surface area contributed by atoms with E-state index in [2.05, 4.69) is 55.2 Å². The number of aromatic nitrogens is 1. The van der Waals surface area contributed by atoms with Crippen LogP contribution in [0.4, 0.5) is 0 Å². The first kappa shape index (κ1) is 24.8. The monoisotopic (exact) mass is 435 g/mol. The van der Waals surface area contributed by atoms with Gasteiger partial charge >= 0.3 is 0 Å². The Bertz CT molecular complexity index is 728. The summed E-state index contributed by atoms with van der Waals surface area (Å²) in [7, 11) is 0. The maximum Gasteiger partial charge on any atom is 0.119 e. The van der Waals surface area contributed by atoms with Crippen LogP contribution < -0.4 is 4.74 Å². The molecule has 0 atom stereocenters. The fourth-order valence-corrected chi connectivity index (χ4v) is 5.16. The highest BCUT2D eigenvalue weighted by molar-refractivity contribution is 5.60. The Hall–Kier alpha value is -1.83. The largest absolute Gasteiger partial charge is 0.494 e. The van der Waals surface area contributed by atoms with Crippen molar-refractivity contribution in [2.45, 2.75) is 104 Å². The van der Waals surface area contributed by atoms with Crippen LogP contribution in [-0.4, -0.2) is 11.6 Å². The summed E-state index contributed by atoms with van der Waals surface area (Å²) in [5.74, 6) is 2.92. The first-order chi connectivity index (χ1) is 15.8. The van der Waals surface area contributed by atoms with E-state index in [-0.39, 0.29) is 0 Å². The van der Waals surface area contributed by atoms with Crippen molar-refractivity contribution in [1.29, 1.82) is 0 Å². The molecule has 2 nitrogen and oxygen atoms in total. The third kappa shape index (κ3) is 8.60. The van der Waals surface area contributed by atoms with Gasteiger partial charge in [-0.15, -0.1) is 0 Å². The minimum Gasteiger partial charge on any atom is -0.494 e. The molecule has 0 radical (unpaired) electrons. The Morgan fingerprint density at radius 1 is 0.750 bits per heavy atom. The van der Waals surface area contributed by atoms with Crippen LogP contribution in [0.3, 0.4) is 0 Å². The van der Waals surface area contributed by atoms with E-state index in [0.29, 0.717) is 0 Å². The molecular formula is C30H45NO. The Morgan fingerprint density at radius 2 is 1.44 bits per heavy atom. The van der Waals surface area contributed by atoms with Crippen molar-refractivity contribution >= 4 is 0 Å². The topological polar surface area (TPSA) is 22.1 Å². The average molecular weight is 436 g/mol. The molecule has 1 saturated carbocycles. The zero-order valence-corrected chi connectivity index (χ0v) is 20.7. The Morgan fingerprint density at radius 3 is 2.06 bits per heavy atom. The lowest BCUT2D eigenvalue weighted by Crippen LogP contribution is -2.15. The normalized spacial score (nSPS) is 18.6. The molecule has 0 N–H and O–H groups in total. The molecule has 0 saturated heterocycles. The van der Waals surface area contributed by atoms with Crippen molar-refractivity contribution in [2.24, 2.45) is 11.8 Å². The molecule has 1 aromatic carbocycles. The Labute approximate surface area is 197 Å². The molecule has 32 heavy (non-hydrogen) atoms. The van der Waals surface area contributed by atoms with Crippen molar-refractivity contribution in [2.75, 3.05) is 6.61 Å². The lowest BCUT2D eigenvalue weighted by Gasteiger charge is -2.28. The molecule has 176 valence electrons. The number of rotatable bonds is 14. The summed E-state index contributed by atoms with van der Waals surface area (Å²) in [5.41, 5.74) is 3.50. The molecule has 2 heteroatoms. The van der Waals surface area contributed by atoms with E-state index in [1.165, 1.54) is 82.6 Å². The molecule has 1 aromatic heterocycles. The first-order valence-electron chi connectivity index (χ1n) is 13.5. The van der Waals surface area contributed by atoms with Crippen LogP contribution in [0.1, 0.15) is 103 Å². The molecule has 3 rings (SSSR count). The highest BCUT2D eigenvalue weighted by Gasteiger charge is 2.20. The minimum atomic E-state index is 0.834. The molecule has 0 amide bonds. The maximum atomic E-state index is 6.02. The van der Waals surface area contributed by atoms with Gasteiger partial charge in [-0.05, 0) is 67.0 Å². The number of pyridine rings is 1. The van der Waals surface area contributed by atoms with Crippen LogP contribution in [0.2, 0.25) is 0 Å². The summed E-state index contributed by atoms with van der Waals surface area (Å²) in [4.78, 5) is 4.62. The SMILES string of the molecule is CCCCCCCC1CCC(CCCOc2ccc(-c3ccc(CCC)cn3)cc2)CC1. The van der Waals surface area contributed by atoms with Crippen LogP contribution in [0.15, 0.2) is 42.6 Å². The number of hydrogen-bond donors (Lipinski definition) is 0. The quantitative estimate of drug-likeness (QED) is 0.276. The highest BCUT2D eigenvalue weighted by Crippen LogP contribution is 2.34. The smallest absolute Gasteiger partial charge is 0.119 e. The van der Waals surface area contributed by atoms with Gasteiger partial charge in [0, 0.05) is 11.8 Å². The number of ether oxygens (including phenoxy) is 1. The fourth-order valence-electron chi connectivity index (χ4n) is 5.16. The van der Waals surface area contributed by atoms with E-state index in [9.17, 15) is 0 Å². The molecule has 0 spiro atoms. The second-order valence-corrected chi connectivity index (χ2v) is 9.91. The third-order valence-electron chi connectivity index (χ3n) is 7.22. The van der Waals surface area contributed by atoms with Crippen LogP contribution in [0.5, 0.6) is 5.75 Å². The predicted octanol–water partition coefficient (Wildman–Crippen LogP) is 9.03. The van der Waals surface area contributed by atoms with E-state index < -0.39 is 0 Å². The van der Waals surface area contributed by atoms with Gasteiger partial charge in [0.15, 0.2) is 0 Å². The van der Waals surface area contributed by atoms with Crippen LogP contribution >= 0.6 is 0 Å². The highest BCUT2D eigenvalue weighted by atomic mass is 16.5. The lowest BCUT2D eigenvalue weighted by atomic mass is 9.78. The average Bonchev–Trinajstić information content (AvgIpc) is 2.84. The minimum absolute atomic E-state index is 0.834. The molecule has 1 aliphatic rings. The standard InChI is InChI=1S/C30H45NO/c1-3-5-6-7-8-11-25-13-15-26(16-14-25)12-9-23-32-29-20-18-28(19-21-29)30-22-17-27(10-4-2)24-31-30/h17-22,24-26H,3-16,23H2,1-2H3. The van der Waals surface area contributed by atoms with Crippen LogP contribution in [0, 0.1) is 11.8 Å². The van der Waals surface area contributed by atoms with E-state index in [0.717, 1.165) is 48.3 Å². The van der Waals surface area contributed by atoms with Gasteiger partial charge in [0.05, 0.1) is 12.3 Å². The summed E-state index contributed by atoms with van der Waals surface area (Å²) < 4.78 is 6.02. The maximum absolute atomic E-state index is 6.02. The summed E-state index contributed by atoms with van der Waals surface area (Å²) in [6.45, 7) is 5.34. The molecule has 1 fully saturated rings. The molecule has 0 aliphatic heterocycles. The summed E-state index contributed by atoms with van der Waals surface area (Å²) in [6.07, 6.45) is 21.2. The predicted molar refractivity (Wildman–Crippen MR) is 137 cm³/mol. The summed E-state index contributed by atoms with van der Waals surface area (Å²) >= 11 is 0. The van der Waals surface area contributed by atoms with Gasteiger partial charge in [-0.25, -0.2) is 0 Å². The number of nitrogens with zero attached hydrogens (tertiary/aromatic N) is 1. The number of aryl methyl sites for hydroxylation is 1. The number of unbranched alkanes of at least 4 members (excludes halogenated alkanes) is 4. The molecule has 0 bridgehead atoms. The third-order valence-corrected chi connectivity index (χ3v) is 7.22. The van der Waals surface area contributed by atoms with E-state index in [1.807, 2.05) is 6.20 Å². The molecule has 0 unspecified atom stereocenters. The molecular weight excluding hydrogens is 390 g/mol. The Kier molecular flexibility index (Phi) is 11.1. The van der Waals surface area contributed by atoms with Crippen molar-refractivity contribution in [3.8, 4) is 17.0 Å². The zero-order valence-electron chi connectivity index (χ0n) is 20.7. The van der Waals surface area contributed by atoms with Gasteiger partial charge < -0.3 is 4.74 Å². The van der Waals surface area contributed by atoms with Gasteiger partial charge in [0.2, 0.25) is 0 Å². The van der Waals surface area contributed by atoms with Crippen molar-refractivity contribution in [1.82, 2.24) is 4.98 Å². The van der Waals surface area contributed by atoms with Crippen molar-refractivity contribution < 1.29 is 4.74 Å². The molecule has 1 aliphatic carbocycles. The fraction of sp³-hybridized carbons (Fsp3) is 0.633. The second-order valence-electron chi connectivity index (χ2n) is 9.91. The second kappa shape index (κ2) is 14.3. The van der Waals surface area contributed by atoms with Crippen molar-refractivity contribution in [3.63, 3.8) is 0 Å². The van der Waals surface area contributed by atoms with Gasteiger partial charge in [-0.1, -0.05) is 90.5 Å². The number of benzene rings is 1. The van der Waals surface area contributed by atoms with Gasteiger partial charge in [0.25, 0.3) is 0 Å². The van der Waals surface area contributed by atoms with Gasteiger partial charge in [-0.3, -0.25) is 4.98 Å². The van der Waals surface area contributed by atoms with Crippen LogP contribution in [0.25, 0.3) is 11.3 Å². The van der Waals surface area contributed by atoms with Gasteiger partial charge in [-0.2, -0.15) is 0 Å². The summed E-state index contributed by atoms with van der Waals surface area (Å²) in [6, 6.07) is 12.7. The number of hydrogen-bond acceptors (Lipinski definition) is 2.